The molecule has 0 aromatic heterocycles. The first-order valence-electron chi connectivity index (χ1n) is 7.86. The van der Waals surface area contributed by atoms with Crippen molar-refractivity contribution in [1.29, 1.82) is 0 Å². The Morgan fingerprint density at radius 1 is 1.33 bits per heavy atom. The maximum absolute atomic E-state index is 12.2. The second kappa shape index (κ2) is 8.65. The molecule has 140 valence electrons. The van der Waals surface area contributed by atoms with E-state index in [0.29, 0.717) is 32.9 Å². The normalized spacial score (nSPS) is 18.3. The molecule has 1 aliphatic rings. The molecule has 1 fully saturated rings. The summed E-state index contributed by atoms with van der Waals surface area (Å²) in [6.45, 7) is 0. The summed E-state index contributed by atoms with van der Waals surface area (Å²) in [5.41, 5.74) is 1.50. The number of hydrogen-bond acceptors (Lipinski definition) is 6. The van der Waals surface area contributed by atoms with Gasteiger partial charge in [-0.05, 0) is 41.8 Å². The van der Waals surface area contributed by atoms with Gasteiger partial charge in [0.15, 0.2) is 16.7 Å². The molecule has 2 N–H and O–H groups in total. The van der Waals surface area contributed by atoms with E-state index < -0.39 is 0 Å². The van der Waals surface area contributed by atoms with Gasteiger partial charge in [-0.3, -0.25) is 4.79 Å². The molecule has 3 rings (SSSR count). The molecule has 0 aliphatic carbocycles. The highest BCUT2D eigenvalue weighted by Crippen LogP contribution is 2.30. The third-order valence-electron chi connectivity index (χ3n) is 3.77. The molecule has 0 saturated carbocycles. The predicted octanol–water partition coefficient (Wildman–Crippen LogP) is 3.87. The second-order valence-electron chi connectivity index (χ2n) is 5.59. The molecular weight excluding hydrogens is 409 g/mol. The zero-order valence-electron chi connectivity index (χ0n) is 14.1. The first-order chi connectivity index (χ1) is 13.0. The number of benzene rings is 2. The van der Waals surface area contributed by atoms with Gasteiger partial charge in [-0.25, -0.2) is 0 Å². The van der Waals surface area contributed by atoms with E-state index in [1.165, 1.54) is 31.2 Å². The van der Waals surface area contributed by atoms with Crippen molar-refractivity contribution in [3.63, 3.8) is 0 Å². The number of aromatic hydroxyl groups is 1. The molecule has 1 atom stereocenters. The fourth-order valence-corrected chi connectivity index (χ4v) is 3.76. The van der Waals surface area contributed by atoms with Crippen molar-refractivity contribution in [1.82, 2.24) is 5.32 Å². The monoisotopic (exact) mass is 423 g/mol. The van der Waals surface area contributed by atoms with E-state index in [0.717, 1.165) is 5.56 Å². The molecule has 1 amide bonds. The molecular formula is C18H15Cl2N3O3S. The molecule has 0 spiro atoms. The van der Waals surface area contributed by atoms with Crippen LogP contribution in [0.3, 0.4) is 0 Å². The Labute approximate surface area is 170 Å². The van der Waals surface area contributed by atoms with Crippen LogP contribution >= 0.6 is 35.0 Å². The predicted molar refractivity (Wildman–Crippen MR) is 109 cm³/mol. The summed E-state index contributed by atoms with van der Waals surface area (Å²) in [7, 11) is 1.47. The van der Waals surface area contributed by atoms with E-state index in [9.17, 15) is 9.90 Å². The number of carbonyl (C=O) groups excluding carboxylic acids is 1. The number of halogens is 2. The fourth-order valence-electron chi connectivity index (χ4n) is 2.41. The van der Waals surface area contributed by atoms with Crippen LogP contribution < -0.4 is 10.1 Å². The number of thioether (sulfide) groups is 1. The Balaban J connectivity index is 1.67. The summed E-state index contributed by atoms with van der Waals surface area (Å²) in [6.07, 6.45) is 1.94. The Bertz CT molecular complexity index is 934. The number of rotatable bonds is 5. The minimum atomic E-state index is -0.358. The van der Waals surface area contributed by atoms with Gasteiger partial charge in [-0.15, -0.1) is 5.10 Å². The number of amidine groups is 1. The van der Waals surface area contributed by atoms with Crippen molar-refractivity contribution >= 4 is 52.3 Å². The molecule has 27 heavy (non-hydrogen) atoms. The highest BCUT2D eigenvalue weighted by molar-refractivity contribution is 8.15. The van der Waals surface area contributed by atoms with Crippen LogP contribution in [-0.2, 0) is 11.2 Å². The van der Waals surface area contributed by atoms with Crippen LogP contribution in [0.1, 0.15) is 11.1 Å². The topological polar surface area (TPSA) is 83.3 Å². The van der Waals surface area contributed by atoms with Gasteiger partial charge < -0.3 is 15.2 Å². The molecule has 1 heterocycles. The lowest BCUT2D eigenvalue weighted by atomic mass is 10.1. The van der Waals surface area contributed by atoms with Crippen molar-refractivity contribution in [2.75, 3.05) is 7.11 Å². The van der Waals surface area contributed by atoms with Crippen LogP contribution in [0.5, 0.6) is 11.5 Å². The summed E-state index contributed by atoms with van der Waals surface area (Å²) in [5, 5.41) is 21.3. The summed E-state index contributed by atoms with van der Waals surface area (Å²) in [6, 6.07) is 10.1. The maximum Gasteiger partial charge on any atom is 0.239 e. The van der Waals surface area contributed by atoms with Crippen molar-refractivity contribution in [3.05, 3.63) is 57.6 Å². The number of phenolic OH excluding ortho intramolecular Hbond substituents is 1. The van der Waals surface area contributed by atoms with E-state index in [-0.39, 0.29) is 16.9 Å². The zero-order chi connectivity index (χ0) is 19.4. The minimum absolute atomic E-state index is 0.0436. The number of phenols is 1. The fraction of sp³-hybridized carbons (Fsp3) is 0.167. The van der Waals surface area contributed by atoms with Gasteiger partial charge in [0.25, 0.3) is 0 Å². The van der Waals surface area contributed by atoms with Crippen LogP contribution in [0.2, 0.25) is 10.0 Å². The first kappa shape index (κ1) is 19.5. The maximum atomic E-state index is 12.2. The number of carbonyl (C=O) groups is 1. The van der Waals surface area contributed by atoms with E-state index in [4.69, 9.17) is 27.9 Å². The molecule has 0 bridgehead atoms. The van der Waals surface area contributed by atoms with Crippen LogP contribution in [0.4, 0.5) is 0 Å². The first-order valence-corrected chi connectivity index (χ1v) is 9.50. The van der Waals surface area contributed by atoms with E-state index >= 15 is 0 Å². The number of nitrogens with zero attached hydrogens (tertiary/aromatic N) is 2. The van der Waals surface area contributed by atoms with Gasteiger partial charge in [0.05, 0.1) is 28.6 Å². The third-order valence-corrected chi connectivity index (χ3v) is 5.70. The summed E-state index contributed by atoms with van der Waals surface area (Å²) in [4.78, 5) is 12.2. The third kappa shape index (κ3) is 4.74. The Morgan fingerprint density at radius 3 is 2.93 bits per heavy atom. The van der Waals surface area contributed by atoms with Crippen molar-refractivity contribution in [2.24, 2.45) is 10.2 Å². The number of ether oxygens (including phenoxy) is 1. The summed E-state index contributed by atoms with van der Waals surface area (Å²) < 4.78 is 5.04. The van der Waals surface area contributed by atoms with Gasteiger partial charge >= 0.3 is 0 Å². The van der Waals surface area contributed by atoms with Gasteiger partial charge in [-0.2, -0.15) is 5.10 Å². The number of nitrogens with one attached hydrogen (secondary N) is 1. The molecule has 9 heteroatoms. The standard InChI is InChI=1S/C18H15Cl2N3O3S/c1-26-14-7-10(5-6-13(14)24)9-21-23-18-22-17(25)15(27-18)8-11-3-2-4-12(19)16(11)20/h2-7,9,15,24H,8H2,1H3,(H,22,23,25)/b21-9+/t15-/m0/s1. The summed E-state index contributed by atoms with van der Waals surface area (Å²) >= 11 is 13.5. The average molecular weight is 424 g/mol. The molecule has 0 radical (unpaired) electrons. The highest BCUT2D eigenvalue weighted by atomic mass is 35.5. The lowest BCUT2D eigenvalue weighted by Gasteiger charge is -2.08. The van der Waals surface area contributed by atoms with Crippen molar-refractivity contribution < 1.29 is 14.6 Å². The molecule has 0 unspecified atom stereocenters. The van der Waals surface area contributed by atoms with E-state index in [1.807, 2.05) is 6.07 Å². The molecule has 1 saturated heterocycles. The minimum Gasteiger partial charge on any atom is -0.504 e. The SMILES string of the molecule is COc1cc(/C=N/N=C2/NC(=O)[C@H](Cc3cccc(Cl)c3Cl)S2)ccc1O. The molecule has 2 aromatic rings. The smallest absolute Gasteiger partial charge is 0.239 e. The number of hydrogen-bond donors (Lipinski definition) is 2. The number of amides is 1. The van der Waals surface area contributed by atoms with Crippen molar-refractivity contribution in [2.45, 2.75) is 11.7 Å². The van der Waals surface area contributed by atoms with Gasteiger partial charge in [0.2, 0.25) is 5.91 Å². The highest BCUT2D eigenvalue weighted by Gasteiger charge is 2.31. The Hall–Kier alpha value is -2.22. The largest absolute Gasteiger partial charge is 0.504 e. The molecule has 6 nitrogen and oxygen atoms in total. The summed E-state index contributed by atoms with van der Waals surface area (Å²) in [5.74, 6) is 0.229. The number of methoxy groups -OCH3 is 1. The van der Waals surface area contributed by atoms with Crippen LogP contribution in [0.15, 0.2) is 46.6 Å². The Morgan fingerprint density at radius 2 is 2.15 bits per heavy atom. The van der Waals surface area contributed by atoms with Gasteiger partial charge in [-0.1, -0.05) is 47.1 Å². The lowest BCUT2D eigenvalue weighted by molar-refractivity contribution is -0.118. The van der Waals surface area contributed by atoms with Crippen molar-refractivity contribution in [3.8, 4) is 11.5 Å². The van der Waals surface area contributed by atoms with Gasteiger partial charge in [0, 0.05) is 0 Å². The zero-order valence-corrected chi connectivity index (χ0v) is 16.5. The molecule has 2 aromatic carbocycles. The van der Waals surface area contributed by atoms with Crippen LogP contribution in [-0.4, -0.2) is 34.8 Å². The Kier molecular flexibility index (Phi) is 6.26. The van der Waals surface area contributed by atoms with Gasteiger partial charge in [0.1, 0.15) is 0 Å². The quantitative estimate of drug-likeness (QED) is 0.564. The van der Waals surface area contributed by atoms with Crippen LogP contribution in [0.25, 0.3) is 0 Å². The van der Waals surface area contributed by atoms with E-state index in [2.05, 4.69) is 15.5 Å². The van der Waals surface area contributed by atoms with Crippen LogP contribution in [0, 0.1) is 0 Å². The molecule has 1 aliphatic heterocycles. The average Bonchev–Trinajstić information content (AvgIpc) is 3.00. The lowest BCUT2D eigenvalue weighted by Crippen LogP contribution is -2.26. The van der Waals surface area contributed by atoms with E-state index in [1.54, 1.807) is 24.3 Å². The second-order valence-corrected chi connectivity index (χ2v) is 7.57.